The first-order valence-corrected chi connectivity index (χ1v) is 7.29. The van der Waals surface area contributed by atoms with E-state index < -0.39 is 23.1 Å². The van der Waals surface area contributed by atoms with Crippen molar-refractivity contribution in [1.82, 2.24) is 14.9 Å². The van der Waals surface area contributed by atoms with E-state index in [1.807, 2.05) is 4.90 Å². The van der Waals surface area contributed by atoms with E-state index in [4.69, 9.17) is 5.73 Å². The van der Waals surface area contributed by atoms with E-state index in [1.165, 1.54) is 24.7 Å². The van der Waals surface area contributed by atoms with Crippen molar-refractivity contribution in [2.45, 2.75) is 24.9 Å². The van der Waals surface area contributed by atoms with Crippen LogP contribution in [0.2, 0.25) is 0 Å². The Hall–Kier alpha value is -2.41. The number of nitrogens with zero attached hydrogens (tertiary/aromatic N) is 3. The molecular weight excluding hydrogens is 302 g/mol. The van der Waals surface area contributed by atoms with Crippen LogP contribution in [0.25, 0.3) is 0 Å². The molecule has 0 unspecified atom stereocenters. The maximum Gasteiger partial charge on any atom is 0.244 e. The Bertz CT molecular complexity index is 725. The first kappa shape index (κ1) is 15.5. The molecule has 3 rings (SSSR count). The van der Waals surface area contributed by atoms with Gasteiger partial charge in [-0.05, 0) is 37.1 Å². The van der Waals surface area contributed by atoms with Crippen LogP contribution in [-0.2, 0) is 16.9 Å². The third kappa shape index (κ3) is 2.68. The third-order valence-electron chi connectivity index (χ3n) is 4.26. The molecule has 2 N–H and O–H groups in total. The highest BCUT2D eigenvalue weighted by Gasteiger charge is 2.48. The minimum absolute atomic E-state index is 0.275. The van der Waals surface area contributed by atoms with Crippen LogP contribution in [0, 0.1) is 11.6 Å². The summed E-state index contributed by atoms with van der Waals surface area (Å²) in [6.45, 7) is 0.884. The molecule has 120 valence electrons. The van der Waals surface area contributed by atoms with Crippen molar-refractivity contribution in [3.05, 3.63) is 59.7 Å². The van der Waals surface area contributed by atoms with Gasteiger partial charge in [0, 0.05) is 18.9 Å². The van der Waals surface area contributed by atoms with E-state index in [9.17, 15) is 13.6 Å². The summed E-state index contributed by atoms with van der Waals surface area (Å²) in [6.07, 6.45) is 5.82. The van der Waals surface area contributed by atoms with Gasteiger partial charge in [0.2, 0.25) is 5.91 Å². The molecule has 2 aromatic rings. The summed E-state index contributed by atoms with van der Waals surface area (Å²) < 4.78 is 26.5. The van der Waals surface area contributed by atoms with E-state index in [-0.39, 0.29) is 6.54 Å². The molecule has 1 aliphatic rings. The summed E-state index contributed by atoms with van der Waals surface area (Å²) in [4.78, 5) is 22.3. The molecule has 0 saturated carbocycles. The number of rotatable bonds is 4. The minimum atomic E-state index is -1.07. The Labute approximate surface area is 132 Å². The normalized spacial score (nSPS) is 21.5. The van der Waals surface area contributed by atoms with E-state index in [1.54, 1.807) is 0 Å². The summed E-state index contributed by atoms with van der Waals surface area (Å²) in [5, 5.41) is 0. The number of amides is 1. The lowest BCUT2D eigenvalue weighted by Crippen LogP contribution is -2.51. The largest absolute Gasteiger partial charge is 0.368 e. The molecule has 0 aliphatic carbocycles. The second kappa shape index (κ2) is 6.00. The van der Waals surface area contributed by atoms with E-state index in [0.29, 0.717) is 24.2 Å². The minimum Gasteiger partial charge on any atom is -0.368 e. The molecule has 1 aromatic carbocycles. The Morgan fingerprint density at radius 1 is 1.30 bits per heavy atom. The van der Waals surface area contributed by atoms with Gasteiger partial charge in [-0.3, -0.25) is 19.7 Å². The van der Waals surface area contributed by atoms with Crippen molar-refractivity contribution in [3.8, 4) is 0 Å². The summed E-state index contributed by atoms with van der Waals surface area (Å²) in [6, 6.07) is 3.71. The highest BCUT2D eigenvalue weighted by Crippen LogP contribution is 2.38. The average molecular weight is 318 g/mol. The van der Waals surface area contributed by atoms with Gasteiger partial charge in [0.1, 0.15) is 5.54 Å². The number of benzene rings is 1. The molecule has 1 amide bonds. The third-order valence-corrected chi connectivity index (χ3v) is 4.26. The van der Waals surface area contributed by atoms with Gasteiger partial charge in [-0.2, -0.15) is 0 Å². The number of carbonyl (C=O) groups excluding carboxylic acids is 1. The fraction of sp³-hybridized carbons (Fsp3) is 0.312. The van der Waals surface area contributed by atoms with Crippen LogP contribution in [0.4, 0.5) is 8.78 Å². The molecule has 1 fully saturated rings. The fourth-order valence-corrected chi connectivity index (χ4v) is 3.16. The zero-order valence-electron chi connectivity index (χ0n) is 12.4. The Balaban J connectivity index is 1.96. The van der Waals surface area contributed by atoms with Crippen molar-refractivity contribution in [3.63, 3.8) is 0 Å². The second-order valence-corrected chi connectivity index (χ2v) is 5.59. The van der Waals surface area contributed by atoms with Crippen molar-refractivity contribution < 1.29 is 13.6 Å². The van der Waals surface area contributed by atoms with Crippen LogP contribution in [0.5, 0.6) is 0 Å². The lowest BCUT2D eigenvalue weighted by molar-refractivity contribution is -0.129. The maximum atomic E-state index is 13.4. The quantitative estimate of drug-likeness (QED) is 0.932. The molecule has 7 heteroatoms. The van der Waals surface area contributed by atoms with Crippen LogP contribution >= 0.6 is 0 Å². The SMILES string of the molecule is NC(=O)[C@]1(c2cnccn2)CCCN1Cc1ccc(F)c(F)c1. The molecule has 23 heavy (non-hydrogen) atoms. The highest BCUT2D eigenvalue weighted by molar-refractivity contribution is 5.86. The molecular formula is C16H16F2N4O. The molecule has 1 aromatic heterocycles. The number of primary amides is 1. The number of aromatic nitrogens is 2. The predicted molar refractivity (Wildman–Crippen MR) is 78.9 cm³/mol. The van der Waals surface area contributed by atoms with Crippen molar-refractivity contribution >= 4 is 5.91 Å². The second-order valence-electron chi connectivity index (χ2n) is 5.59. The van der Waals surface area contributed by atoms with Crippen molar-refractivity contribution in [2.75, 3.05) is 6.54 Å². The number of hydrogen-bond donors (Lipinski definition) is 1. The molecule has 1 saturated heterocycles. The number of likely N-dealkylation sites (tertiary alicyclic amines) is 1. The monoisotopic (exact) mass is 318 g/mol. The molecule has 0 radical (unpaired) electrons. The van der Waals surface area contributed by atoms with Crippen LogP contribution in [0.3, 0.4) is 0 Å². The lowest BCUT2D eigenvalue weighted by atomic mass is 9.91. The van der Waals surface area contributed by atoms with E-state index in [0.717, 1.165) is 18.6 Å². The summed E-state index contributed by atoms with van der Waals surface area (Å²) in [5.74, 6) is -2.32. The standard InChI is InChI=1S/C16H16F2N4O/c17-12-3-2-11(8-13(12)18)10-22-7-1-4-16(22,15(19)23)14-9-20-5-6-21-14/h2-3,5-6,8-9H,1,4,7,10H2,(H2,19,23)/t16-/m1/s1. The molecule has 1 atom stereocenters. The summed E-state index contributed by atoms with van der Waals surface area (Å²) in [5.41, 5.74) is 5.66. The fourth-order valence-electron chi connectivity index (χ4n) is 3.16. The zero-order valence-corrected chi connectivity index (χ0v) is 12.4. The van der Waals surface area contributed by atoms with Crippen molar-refractivity contribution in [1.29, 1.82) is 0 Å². The van der Waals surface area contributed by atoms with Gasteiger partial charge >= 0.3 is 0 Å². The maximum absolute atomic E-state index is 13.4. The van der Waals surface area contributed by atoms with Gasteiger partial charge in [-0.25, -0.2) is 8.78 Å². The van der Waals surface area contributed by atoms with Crippen LogP contribution < -0.4 is 5.73 Å². The van der Waals surface area contributed by atoms with Crippen molar-refractivity contribution in [2.24, 2.45) is 5.73 Å². The molecule has 5 nitrogen and oxygen atoms in total. The lowest BCUT2D eigenvalue weighted by Gasteiger charge is -2.35. The summed E-state index contributed by atoms with van der Waals surface area (Å²) in [7, 11) is 0. The van der Waals surface area contributed by atoms with Gasteiger partial charge in [0.25, 0.3) is 0 Å². The molecule has 2 heterocycles. The van der Waals surface area contributed by atoms with E-state index >= 15 is 0 Å². The average Bonchev–Trinajstić information content (AvgIpc) is 2.96. The highest BCUT2D eigenvalue weighted by atomic mass is 19.2. The van der Waals surface area contributed by atoms with Gasteiger partial charge in [0.15, 0.2) is 11.6 Å². The summed E-state index contributed by atoms with van der Waals surface area (Å²) >= 11 is 0. The zero-order chi connectivity index (χ0) is 16.4. The molecule has 1 aliphatic heterocycles. The predicted octanol–water partition coefficient (Wildman–Crippen LogP) is 1.73. The number of nitrogens with two attached hydrogens (primary N) is 1. The number of carbonyl (C=O) groups is 1. The van der Waals surface area contributed by atoms with Gasteiger partial charge in [0.05, 0.1) is 11.9 Å². The first-order valence-electron chi connectivity index (χ1n) is 7.29. The topological polar surface area (TPSA) is 72.1 Å². The smallest absolute Gasteiger partial charge is 0.244 e. The number of halogens is 2. The van der Waals surface area contributed by atoms with Crippen LogP contribution in [0.1, 0.15) is 24.1 Å². The van der Waals surface area contributed by atoms with Crippen LogP contribution in [0.15, 0.2) is 36.8 Å². The Kier molecular flexibility index (Phi) is 4.04. The first-order chi connectivity index (χ1) is 11.0. The van der Waals surface area contributed by atoms with Crippen LogP contribution in [-0.4, -0.2) is 27.3 Å². The molecule has 0 spiro atoms. The van der Waals surface area contributed by atoms with Gasteiger partial charge < -0.3 is 5.73 Å². The Morgan fingerprint density at radius 2 is 2.13 bits per heavy atom. The molecule has 0 bridgehead atoms. The van der Waals surface area contributed by atoms with Gasteiger partial charge in [-0.1, -0.05) is 6.07 Å². The Morgan fingerprint density at radius 3 is 2.78 bits per heavy atom. The van der Waals surface area contributed by atoms with Gasteiger partial charge in [-0.15, -0.1) is 0 Å². The number of hydrogen-bond acceptors (Lipinski definition) is 4. The van der Waals surface area contributed by atoms with E-state index in [2.05, 4.69) is 9.97 Å².